The molecular weight excluding hydrogens is 785 g/mol. The van der Waals surface area contributed by atoms with Crippen molar-refractivity contribution in [3.8, 4) is 55.6 Å². The molecule has 2 nitrogen and oxygen atoms in total. The summed E-state index contributed by atoms with van der Waals surface area (Å²) >= 11 is 0. The van der Waals surface area contributed by atoms with Gasteiger partial charge in [-0.05, 0) is 152 Å². The van der Waals surface area contributed by atoms with E-state index in [9.17, 15) is 0 Å². The molecule has 0 bridgehead atoms. The predicted molar refractivity (Wildman–Crippen MR) is 275 cm³/mol. The van der Waals surface area contributed by atoms with E-state index in [1.54, 1.807) is 0 Å². The summed E-state index contributed by atoms with van der Waals surface area (Å²) < 4.78 is 0. The second-order valence-corrected chi connectivity index (χ2v) is 17.4. The minimum Gasteiger partial charge on any atom is -0.311 e. The number of benzene rings is 10. The molecule has 10 aromatic carbocycles. The smallest absolute Gasteiger partial charge is 0.0508 e. The fourth-order valence-corrected chi connectivity index (χ4v) is 9.83. The third-order valence-corrected chi connectivity index (χ3v) is 13.0. The SMILES string of the molecule is CC1(C)c2ccccc2-c2cccc(N(c3ccccc3)c3ccc(-c4cc(-c5ccccc5)cc(-c5ccc(N(c6ccccc6)c6ccc(-c7ccccc7)cc6)cc5)c4)cc3)c21. The molecule has 0 N–H and O–H groups in total. The average Bonchev–Trinajstić information content (AvgIpc) is 3.62. The van der Waals surface area contributed by atoms with Gasteiger partial charge in [0.2, 0.25) is 0 Å². The van der Waals surface area contributed by atoms with Crippen LogP contribution in [-0.2, 0) is 5.41 Å². The van der Waals surface area contributed by atoms with Crippen LogP contribution in [0.1, 0.15) is 25.0 Å². The first kappa shape index (κ1) is 39.6. The lowest BCUT2D eigenvalue weighted by molar-refractivity contribution is 0.661. The highest BCUT2D eigenvalue weighted by Gasteiger charge is 2.38. The second kappa shape index (κ2) is 16.8. The summed E-state index contributed by atoms with van der Waals surface area (Å²) in [5.41, 5.74) is 21.4. The van der Waals surface area contributed by atoms with Crippen LogP contribution in [-0.4, -0.2) is 0 Å². The number of para-hydroxylation sites is 2. The van der Waals surface area contributed by atoms with Gasteiger partial charge in [-0.2, -0.15) is 0 Å². The Kier molecular flexibility index (Phi) is 10.3. The van der Waals surface area contributed by atoms with Gasteiger partial charge >= 0.3 is 0 Å². The molecule has 10 aromatic rings. The van der Waals surface area contributed by atoms with Gasteiger partial charge in [-0.1, -0.05) is 184 Å². The summed E-state index contributed by atoms with van der Waals surface area (Å²) in [6.07, 6.45) is 0. The third kappa shape index (κ3) is 7.49. The Morgan fingerprint density at radius 1 is 0.262 bits per heavy atom. The van der Waals surface area contributed by atoms with Gasteiger partial charge in [0.1, 0.15) is 0 Å². The van der Waals surface area contributed by atoms with E-state index < -0.39 is 0 Å². The van der Waals surface area contributed by atoms with Gasteiger partial charge in [-0.15, -0.1) is 0 Å². The van der Waals surface area contributed by atoms with Crippen molar-refractivity contribution in [2.24, 2.45) is 0 Å². The van der Waals surface area contributed by atoms with Crippen molar-refractivity contribution < 1.29 is 0 Å². The fraction of sp³-hybridized carbons (Fsp3) is 0.0476. The van der Waals surface area contributed by atoms with Crippen LogP contribution >= 0.6 is 0 Å². The van der Waals surface area contributed by atoms with Crippen LogP contribution in [0.3, 0.4) is 0 Å². The molecule has 0 amide bonds. The maximum atomic E-state index is 2.43. The molecule has 0 unspecified atom stereocenters. The Labute approximate surface area is 383 Å². The first-order valence-corrected chi connectivity index (χ1v) is 22.5. The number of nitrogens with zero attached hydrogens (tertiary/aromatic N) is 2. The lowest BCUT2D eigenvalue weighted by Gasteiger charge is -2.32. The van der Waals surface area contributed by atoms with E-state index in [1.807, 2.05) is 0 Å². The zero-order valence-corrected chi connectivity index (χ0v) is 36.6. The standard InChI is InChI=1S/C63H48N2/c1-63(2)60-28-16-15-26-58(60)59-27-17-29-61(62(59)63)65(54-24-13-6-14-25-54)57-40-34-49(35-41-57)52-43-50(46-20-9-4-10-21-46)42-51(44-52)48-32-38-56(39-33-48)64(53-22-11-5-12-23-53)55-36-30-47(31-37-55)45-18-7-3-8-19-45/h3-44H,1-2H3. The first-order valence-electron chi connectivity index (χ1n) is 22.5. The summed E-state index contributed by atoms with van der Waals surface area (Å²) in [6.45, 7) is 4.73. The Balaban J connectivity index is 0.965. The van der Waals surface area contributed by atoms with Gasteiger partial charge < -0.3 is 9.80 Å². The lowest BCUT2D eigenvalue weighted by atomic mass is 9.81. The maximum absolute atomic E-state index is 2.43. The molecule has 0 saturated heterocycles. The monoisotopic (exact) mass is 832 g/mol. The lowest BCUT2D eigenvalue weighted by Crippen LogP contribution is -2.20. The second-order valence-electron chi connectivity index (χ2n) is 17.4. The molecule has 0 aromatic heterocycles. The molecule has 0 heterocycles. The van der Waals surface area contributed by atoms with E-state index in [0.29, 0.717) is 0 Å². The van der Waals surface area contributed by atoms with E-state index in [2.05, 4.69) is 278 Å². The van der Waals surface area contributed by atoms with Crippen molar-refractivity contribution >= 4 is 34.1 Å². The quantitative estimate of drug-likeness (QED) is 0.135. The summed E-state index contributed by atoms with van der Waals surface area (Å²) in [4.78, 5) is 4.76. The van der Waals surface area contributed by atoms with Crippen molar-refractivity contribution in [3.63, 3.8) is 0 Å². The Morgan fingerprint density at radius 3 is 1.09 bits per heavy atom. The fourth-order valence-electron chi connectivity index (χ4n) is 9.83. The zero-order valence-electron chi connectivity index (χ0n) is 36.6. The molecule has 1 aliphatic rings. The van der Waals surface area contributed by atoms with E-state index in [-0.39, 0.29) is 5.41 Å². The predicted octanol–water partition coefficient (Wildman–Crippen LogP) is 17.6. The number of anilines is 6. The molecular formula is C63H48N2. The first-order chi connectivity index (χ1) is 32.0. The van der Waals surface area contributed by atoms with E-state index in [4.69, 9.17) is 0 Å². The van der Waals surface area contributed by atoms with Gasteiger partial charge in [0.15, 0.2) is 0 Å². The van der Waals surface area contributed by atoms with Crippen LogP contribution in [0, 0.1) is 0 Å². The largest absolute Gasteiger partial charge is 0.311 e. The minimum absolute atomic E-state index is 0.157. The highest BCUT2D eigenvalue weighted by Crippen LogP contribution is 2.54. The van der Waals surface area contributed by atoms with E-state index >= 15 is 0 Å². The van der Waals surface area contributed by atoms with Gasteiger partial charge in [-0.3, -0.25) is 0 Å². The third-order valence-electron chi connectivity index (χ3n) is 13.0. The van der Waals surface area contributed by atoms with E-state index in [1.165, 1.54) is 61.3 Å². The molecule has 0 fully saturated rings. The van der Waals surface area contributed by atoms with Crippen molar-refractivity contribution in [2.45, 2.75) is 19.3 Å². The molecule has 0 atom stereocenters. The van der Waals surface area contributed by atoms with Crippen LogP contribution in [0.25, 0.3) is 55.6 Å². The Hall–Kier alpha value is -8.20. The van der Waals surface area contributed by atoms with Crippen LogP contribution in [0.2, 0.25) is 0 Å². The van der Waals surface area contributed by atoms with Gasteiger partial charge in [0.25, 0.3) is 0 Å². The van der Waals surface area contributed by atoms with E-state index in [0.717, 1.165) is 39.6 Å². The molecule has 11 rings (SSSR count). The summed E-state index contributed by atoms with van der Waals surface area (Å²) in [5, 5.41) is 0. The van der Waals surface area contributed by atoms with Crippen LogP contribution in [0.4, 0.5) is 34.1 Å². The van der Waals surface area contributed by atoms with Crippen molar-refractivity contribution in [1.82, 2.24) is 0 Å². The van der Waals surface area contributed by atoms with Crippen LogP contribution in [0.5, 0.6) is 0 Å². The van der Waals surface area contributed by atoms with Crippen molar-refractivity contribution in [1.29, 1.82) is 0 Å². The summed E-state index contributed by atoms with van der Waals surface area (Å²) in [6, 6.07) is 92.3. The van der Waals surface area contributed by atoms with Crippen LogP contribution < -0.4 is 9.80 Å². The zero-order chi connectivity index (χ0) is 43.7. The Bertz CT molecular complexity index is 3230. The van der Waals surface area contributed by atoms with Gasteiger partial charge in [0, 0.05) is 33.9 Å². The molecule has 0 aliphatic heterocycles. The van der Waals surface area contributed by atoms with Gasteiger partial charge in [0.05, 0.1) is 5.69 Å². The molecule has 310 valence electrons. The topological polar surface area (TPSA) is 6.48 Å². The molecule has 0 spiro atoms. The molecule has 2 heteroatoms. The number of fused-ring (bicyclic) bond motifs is 3. The minimum atomic E-state index is -0.157. The summed E-state index contributed by atoms with van der Waals surface area (Å²) in [7, 11) is 0. The maximum Gasteiger partial charge on any atom is 0.0508 e. The summed E-state index contributed by atoms with van der Waals surface area (Å²) in [5.74, 6) is 0. The number of rotatable bonds is 10. The van der Waals surface area contributed by atoms with Crippen LogP contribution in [0.15, 0.2) is 255 Å². The molecule has 0 radical (unpaired) electrons. The highest BCUT2D eigenvalue weighted by atomic mass is 15.1. The number of hydrogen-bond donors (Lipinski definition) is 0. The molecule has 0 saturated carbocycles. The van der Waals surface area contributed by atoms with Crippen molar-refractivity contribution in [2.75, 3.05) is 9.80 Å². The average molecular weight is 833 g/mol. The highest BCUT2D eigenvalue weighted by molar-refractivity contribution is 5.91. The van der Waals surface area contributed by atoms with Crippen molar-refractivity contribution in [3.05, 3.63) is 266 Å². The molecule has 1 aliphatic carbocycles. The normalized spacial score (nSPS) is 12.3. The van der Waals surface area contributed by atoms with Gasteiger partial charge in [-0.25, -0.2) is 0 Å². The number of hydrogen-bond acceptors (Lipinski definition) is 2. The molecule has 65 heavy (non-hydrogen) atoms. The Morgan fingerprint density at radius 2 is 0.600 bits per heavy atom.